The van der Waals surface area contributed by atoms with Crippen molar-refractivity contribution in [1.82, 2.24) is 9.21 Å². The molecule has 1 saturated carbocycles. The molecule has 3 aliphatic rings. The molecule has 0 unspecified atom stereocenters. The second-order valence-electron chi connectivity index (χ2n) is 10.3. The molecule has 0 spiro atoms. The number of sulfonamides is 1. The average Bonchev–Trinajstić information content (AvgIpc) is 3.48. The largest absolute Gasteiger partial charge is 0.391 e. The SMILES string of the molecule is O=C(CC1([C@H]2CCC[C@@H](c3cc(F)cc(F)c3)N2S(=O)(=O)c2ccc(Cl)cc2)CC1)N1CC[C@H](O)C1. The van der Waals surface area contributed by atoms with Gasteiger partial charge in [0.25, 0.3) is 0 Å². The van der Waals surface area contributed by atoms with Crippen molar-refractivity contribution in [1.29, 1.82) is 0 Å². The van der Waals surface area contributed by atoms with E-state index in [9.17, 15) is 27.1 Å². The molecule has 2 heterocycles. The minimum atomic E-state index is -4.09. The number of piperidine rings is 1. The van der Waals surface area contributed by atoms with Gasteiger partial charge in [0.15, 0.2) is 0 Å². The van der Waals surface area contributed by atoms with E-state index < -0.39 is 45.3 Å². The molecule has 1 N–H and O–H groups in total. The van der Waals surface area contributed by atoms with Crippen molar-refractivity contribution in [3.63, 3.8) is 0 Å². The number of hydrogen-bond donors (Lipinski definition) is 1. The Hall–Kier alpha value is -2.07. The Kier molecular flexibility index (Phi) is 6.87. The molecule has 1 aliphatic carbocycles. The number of β-amino-alcohol motifs (C(OH)–C–C–N with tert-alkyl or cyclic N) is 1. The molecule has 2 saturated heterocycles. The second-order valence-corrected chi connectivity index (χ2v) is 12.6. The number of rotatable bonds is 6. The van der Waals surface area contributed by atoms with Crippen LogP contribution in [0.4, 0.5) is 8.78 Å². The molecule has 3 atom stereocenters. The van der Waals surface area contributed by atoms with Crippen LogP contribution >= 0.6 is 11.6 Å². The van der Waals surface area contributed by atoms with E-state index in [4.69, 9.17) is 11.6 Å². The summed E-state index contributed by atoms with van der Waals surface area (Å²) in [5.41, 5.74) is -0.284. The van der Waals surface area contributed by atoms with Crippen LogP contribution in [0.1, 0.15) is 56.6 Å². The predicted octanol–water partition coefficient (Wildman–Crippen LogP) is 4.67. The van der Waals surface area contributed by atoms with Crippen molar-refractivity contribution in [2.45, 2.75) is 68.0 Å². The zero-order chi connectivity index (χ0) is 25.7. The zero-order valence-corrected chi connectivity index (χ0v) is 21.3. The summed E-state index contributed by atoms with van der Waals surface area (Å²) in [5, 5.41) is 10.3. The van der Waals surface area contributed by atoms with Gasteiger partial charge in [-0.05, 0) is 85.9 Å². The van der Waals surface area contributed by atoms with Crippen LogP contribution in [0.5, 0.6) is 0 Å². The van der Waals surface area contributed by atoms with E-state index in [1.165, 1.54) is 40.7 Å². The predicted molar refractivity (Wildman–Crippen MR) is 131 cm³/mol. The third-order valence-corrected chi connectivity index (χ3v) is 10.0. The highest BCUT2D eigenvalue weighted by Gasteiger charge is 2.57. The first kappa shape index (κ1) is 25.6. The third kappa shape index (κ3) is 4.90. The first-order chi connectivity index (χ1) is 17.1. The van der Waals surface area contributed by atoms with Crippen molar-refractivity contribution < 1.29 is 27.1 Å². The van der Waals surface area contributed by atoms with E-state index in [0.717, 1.165) is 6.07 Å². The molecule has 3 fully saturated rings. The number of carbonyl (C=O) groups excluding carboxylic acids is 1. The Morgan fingerprint density at radius 3 is 2.31 bits per heavy atom. The van der Waals surface area contributed by atoms with Gasteiger partial charge < -0.3 is 10.0 Å². The molecule has 2 aromatic rings. The van der Waals surface area contributed by atoms with Crippen LogP contribution in [0.2, 0.25) is 5.02 Å². The molecule has 36 heavy (non-hydrogen) atoms. The summed E-state index contributed by atoms with van der Waals surface area (Å²) in [6.45, 7) is 0.774. The second kappa shape index (κ2) is 9.67. The number of benzene rings is 2. The molecule has 5 rings (SSSR count). The van der Waals surface area contributed by atoms with Crippen LogP contribution in [-0.4, -0.2) is 53.9 Å². The maximum Gasteiger partial charge on any atom is 0.243 e. The maximum absolute atomic E-state index is 14.2. The molecule has 10 heteroatoms. The van der Waals surface area contributed by atoms with Gasteiger partial charge in [0.05, 0.1) is 17.0 Å². The molecule has 6 nitrogen and oxygen atoms in total. The highest BCUT2D eigenvalue weighted by atomic mass is 35.5. The lowest BCUT2D eigenvalue weighted by molar-refractivity contribution is -0.132. The van der Waals surface area contributed by atoms with Gasteiger partial charge in [-0.1, -0.05) is 11.6 Å². The van der Waals surface area contributed by atoms with Crippen molar-refractivity contribution in [3.05, 3.63) is 64.7 Å². The van der Waals surface area contributed by atoms with Crippen LogP contribution in [-0.2, 0) is 14.8 Å². The van der Waals surface area contributed by atoms with Crippen molar-refractivity contribution in [2.24, 2.45) is 5.41 Å². The topological polar surface area (TPSA) is 77.9 Å². The minimum absolute atomic E-state index is 0.0467. The van der Waals surface area contributed by atoms with Gasteiger partial charge in [-0.25, -0.2) is 17.2 Å². The first-order valence-electron chi connectivity index (χ1n) is 12.3. The van der Waals surface area contributed by atoms with Gasteiger partial charge in [0, 0.05) is 36.6 Å². The number of amides is 1. The molecule has 0 bridgehead atoms. The quantitative estimate of drug-likeness (QED) is 0.580. The van der Waals surface area contributed by atoms with Gasteiger partial charge in [-0.3, -0.25) is 4.79 Å². The number of aliphatic hydroxyl groups is 1. The van der Waals surface area contributed by atoms with E-state index in [0.29, 0.717) is 50.1 Å². The van der Waals surface area contributed by atoms with Gasteiger partial charge in [0.2, 0.25) is 15.9 Å². The number of halogens is 3. The lowest BCUT2D eigenvalue weighted by atomic mass is 9.82. The Labute approximate surface area is 214 Å². The summed E-state index contributed by atoms with van der Waals surface area (Å²) < 4.78 is 58.0. The lowest BCUT2D eigenvalue weighted by Crippen LogP contribution is -2.51. The molecule has 2 aromatic carbocycles. The van der Waals surface area contributed by atoms with Crippen LogP contribution in [0.15, 0.2) is 47.4 Å². The Morgan fingerprint density at radius 1 is 1.06 bits per heavy atom. The Bertz CT molecular complexity index is 1230. The van der Waals surface area contributed by atoms with Gasteiger partial charge in [-0.15, -0.1) is 0 Å². The first-order valence-corrected chi connectivity index (χ1v) is 14.1. The summed E-state index contributed by atoms with van der Waals surface area (Å²) in [6, 6.07) is 7.75. The zero-order valence-electron chi connectivity index (χ0n) is 19.7. The Morgan fingerprint density at radius 2 is 1.72 bits per heavy atom. The lowest BCUT2D eigenvalue weighted by Gasteiger charge is -2.45. The van der Waals surface area contributed by atoms with E-state index in [1.807, 2.05) is 0 Å². The van der Waals surface area contributed by atoms with Crippen molar-refractivity contribution in [2.75, 3.05) is 13.1 Å². The van der Waals surface area contributed by atoms with E-state index in [-0.39, 0.29) is 29.3 Å². The average molecular weight is 539 g/mol. The van der Waals surface area contributed by atoms with Crippen LogP contribution in [0.3, 0.4) is 0 Å². The van der Waals surface area contributed by atoms with Crippen LogP contribution < -0.4 is 0 Å². The smallest absolute Gasteiger partial charge is 0.243 e. The molecule has 0 aromatic heterocycles. The third-order valence-electron chi connectivity index (χ3n) is 7.85. The highest BCUT2D eigenvalue weighted by Crippen LogP contribution is 2.58. The molecule has 0 radical (unpaired) electrons. The Balaban J connectivity index is 1.54. The monoisotopic (exact) mass is 538 g/mol. The summed E-state index contributed by atoms with van der Waals surface area (Å²) >= 11 is 6.00. The maximum atomic E-state index is 14.2. The fraction of sp³-hybridized carbons (Fsp3) is 0.500. The van der Waals surface area contributed by atoms with Gasteiger partial charge in [0.1, 0.15) is 11.6 Å². The van der Waals surface area contributed by atoms with Gasteiger partial charge >= 0.3 is 0 Å². The van der Waals surface area contributed by atoms with E-state index in [2.05, 4.69) is 0 Å². The summed E-state index contributed by atoms with van der Waals surface area (Å²) in [7, 11) is -4.09. The number of carbonyl (C=O) groups is 1. The fourth-order valence-electron chi connectivity index (χ4n) is 5.87. The molecular weight excluding hydrogens is 510 g/mol. The van der Waals surface area contributed by atoms with Crippen LogP contribution in [0, 0.1) is 17.0 Å². The fourth-order valence-corrected chi connectivity index (χ4v) is 7.94. The van der Waals surface area contributed by atoms with Crippen molar-refractivity contribution in [3.8, 4) is 0 Å². The normalized spacial score (nSPS) is 26.2. The molecular formula is C26H29ClF2N2O4S. The van der Waals surface area contributed by atoms with Gasteiger partial charge in [-0.2, -0.15) is 4.31 Å². The minimum Gasteiger partial charge on any atom is -0.391 e. The van der Waals surface area contributed by atoms with Crippen LogP contribution in [0.25, 0.3) is 0 Å². The summed E-state index contributed by atoms with van der Waals surface area (Å²) in [6.07, 6.45) is 3.19. The summed E-state index contributed by atoms with van der Waals surface area (Å²) in [4.78, 5) is 14.8. The molecule has 2 aliphatic heterocycles. The highest BCUT2D eigenvalue weighted by molar-refractivity contribution is 7.89. The standard InChI is InChI=1S/C26H29ClF2N2O4S/c27-18-4-6-22(7-5-18)36(34,35)31-23(17-12-19(28)14-20(29)13-17)2-1-3-24(31)26(9-10-26)15-25(33)30-11-8-21(32)16-30/h4-7,12-14,21,23-24,32H,1-3,8-11,15-16H2/t21-,23-,24+/m0/s1. The number of nitrogens with zero attached hydrogens (tertiary/aromatic N) is 2. The summed E-state index contributed by atoms with van der Waals surface area (Å²) in [5.74, 6) is -1.62. The number of aliphatic hydroxyl groups excluding tert-OH is 1. The van der Waals surface area contributed by atoms with Crippen molar-refractivity contribution >= 4 is 27.5 Å². The van der Waals surface area contributed by atoms with E-state index >= 15 is 0 Å². The van der Waals surface area contributed by atoms with E-state index in [1.54, 1.807) is 4.90 Å². The number of likely N-dealkylation sites (tertiary alicyclic amines) is 1. The molecule has 194 valence electrons. The molecule has 1 amide bonds. The number of hydrogen-bond acceptors (Lipinski definition) is 4.